The number of likely N-dealkylation sites (tertiary alicyclic amines) is 1. The normalized spacial score (nSPS) is 17.2. The van der Waals surface area contributed by atoms with Gasteiger partial charge < -0.3 is 10.2 Å². The predicted octanol–water partition coefficient (Wildman–Crippen LogP) is 4.21. The smallest absolute Gasteiger partial charge is 0.137 e. The highest BCUT2D eigenvalue weighted by Crippen LogP contribution is 2.33. The Balaban J connectivity index is 1.33. The van der Waals surface area contributed by atoms with Crippen molar-refractivity contribution in [2.75, 3.05) is 39.0 Å². The molecule has 0 amide bonds. The number of benzene rings is 1. The molecular formula is C29H34N8. The number of aryl methyl sites for hydroxylation is 1. The minimum atomic E-state index is 0.422. The fourth-order valence-corrected chi connectivity index (χ4v) is 5.46. The first-order valence-corrected chi connectivity index (χ1v) is 13.1. The molecule has 37 heavy (non-hydrogen) atoms. The van der Waals surface area contributed by atoms with Crippen molar-refractivity contribution in [3.63, 3.8) is 0 Å². The molecule has 0 spiro atoms. The van der Waals surface area contributed by atoms with Crippen molar-refractivity contribution < 1.29 is 0 Å². The van der Waals surface area contributed by atoms with Gasteiger partial charge in [0.2, 0.25) is 0 Å². The van der Waals surface area contributed by atoms with Crippen LogP contribution in [0.15, 0.2) is 49.6 Å². The fraction of sp³-hybridized carbons (Fsp3) is 0.379. The summed E-state index contributed by atoms with van der Waals surface area (Å²) in [4.78, 5) is 18.6. The maximum Gasteiger partial charge on any atom is 0.137 e. The number of hydrogen-bond donors (Lipinski definition) is 1. The van der Waals surface area contributed by atoms with Crippen LogP contribution < -0.4 is 5.32 Å². The Kier molecular flexibility index (Phi) is 6.22. The summed E-state index contributed by atoms with van der Waals surface area (Å²) in [5.41, 5.74) is 8.39. The van der Waals surface area contributed by atoms with Crippen molar-refractivity contribution in [2.45, 2.75) is 38.9 Å². The highest BCUT2D eigenvalue weighted by molar-refractivity contribution is 5.93. The zero-order valence-corrected chi connectivity index (χ0v) is 21.9. The Hall–Kier alpha value is -3.62. The van der Waals surface area contributed by atoms with Crippen LogP contribution in [0.1, 0.15) is 35.4 Å². The number of pyridine rings is 1. The van der Waals surface area contributed by atoms with Crippen LogP contribution in [0.3, 0.4) is 0 Å². The van der Waals surface area contributed by atoms with E-state index < -0.39 is 0 Å². The van der Waals surface area contributed by atoms with Gasteiger partial charge in [0.25, 0.3) is 0 Å². The quantitative estimate of drug-likeness (QED) is 0.445. The lowest BCUT2D eigenvalue weighted by Gasteiger charge is -2.30. The minimum Gasteiger partial charge on any atom is -0.367 e. The molecular weight excluding hydrogens is 460 g/mol. The van der Waals surface area contributed by atoms with Gasteiger partial charge in [-0.3, -0.25) is 14.6 Å². The highest BCUT2D eigenvalue weighted by atomic mass is 15.3. The van der Waals surface area contributed by atoms with Gasteiger partial charge in [-0.05, 0) is 76.3 Å². The summed E-state index contributed by atoms with van der Waals surface area (Å²) < 4.78 is 2.12. The number of aromatic nitrogens is 5. The second kappa shape index (κ2) is 9.68. The molecule has 0 aliphatic carbocycles. The van der Waals surface area contributed by atoms with Gasteiger partial charge in [0.1, 0.15) is 12.1 Å². The molecule has 190 valence electrons. The van der Waals surface area contributed by atoms with E-state index in [1.54, 1.807) is 6.33 Å². The number of nitrogens with one attached hydrogen (secondary N) is 1. The Morgan fingerprint density at radius 3 is 2.65 bits per heavy atom. The zero-order valence-electron chi connectivity index (χ0n) is 21.9. The molecule has 5 heterocycles. The third-order valence-corrected chi connectivity index (χ3v) is 7.83. The van der Waals surface area contributed by atoms with E-state index in [9.17, 15) is 0 Å². The molecule has 2 aliphatic heterocycles. The average Bonchev–Trinajstić information content (AvgIpc) is 3.33. The number of fused-ring (bicyclic) bond motifs is 2. The third kappa shape index (κ3) is 4.63. The van der Waals surface area contributed by atoms with E-state index in [4.69, 9.17) is 4.98 Å². The van der Waals surface area contributed by atoms with Crippen molar-refractivity contribution >= 4 is 22.3 Å². The minimum absolute atomic E-state index is 0.422. The lowest BCUT2D eigenvalue weighted by Crippen LogP contribution is -2.36. The molecule has 6 rings (SSSR count). The van der Waals surface area contributed by atoms with Crippen LogP contribution in [-0.4, -0.2) is 74.3 Å². The van der Waals surface area contributed by atoms with Gasteiger partial charge in [0.15, 0.2) is 0 Å². The van der Waals surface area contributed by atoms with Gasteiger partial charge in [-0.15, -0.1) is 0 Å². The van der Waals surface area contributed by atoms with Gasteiger partial charge >= 0.3 is 0 Å². The lowest BCUT2D eigenvalue weighted by atomic mass is 9.94. The van der Waals surface area contributed by atoms with E-state index in [0.29, 0.717) is 6.04 Å². The zero-order chi connectivity index (χ0) is 25.5. The first kappa shape index (κ1) is 23.8. The van der Waals surface area contributed by atoms with Crippen molar-refractivity contribution in [3.8, 4) is 11.1 Å². The molecule has 0 bridgehead atoms. The second-order valence-electron chi connectivity index (χ2n) is 10.5. The Morgan fingerprint density at radius 1 is 0.973 bits per heavy atom. The number of piperidine rings is 1. The molecule has 0 atom stereocenters. The van der Waals surface area contributed by atoms with Crippen LogP contribution in [-0.2, 0) is 13.1 Å². The van der Waals surface area contributed by atoms with E-state index in [1.165, 1.54) is 5.69 Å². The van der Waals surface area contributed by atoms with Gasteiger partial charge in [0, 0.05) is 53.1 Å². The fourth-order valence-electron chi connectivity index (χ4n) is 5.46. The number of anilines is 1. The Bertz CT molecular complexity index is 1460. The van der Waals surface area contributed by atoms with Crippen LogP contribution in [0.2, 0.25) is 0 Å². The van der Waals surface area contributed by atoms with Crippen molar-refractivity contribution in [2.24, 2.45) is 0 Å². The summed E-state index contributed by atoms with van der Waals surface area (Å²) in [7, 11) is 4.33. The standard InChI is InChI=1S/C29H34N8/c1-19(24-14-22(15-30-20(24)2)26-16-33-37-12-11-36(4)17-28(26)37)21-5-6-27-25(13-21)29(32-18-31-27)34-23-7-9-35(3)10-8-23/h5-6,13-16,18,23H,1,7-12,17H2,2-4H3,(H,31,32,34). The summed E-state index contributed by atoms with van der Waals surface area (Å²) >= 11 is 0. The monoisotopic (exact) mass is 494 g/mol. The molecule has 1 fully saturated rings. The molecule has 8 nitrogen and oxygen atoms in total. The average molecular weight is 495 g/mol. The summed E-state index contributed by atoms with van der Waals surface area (Å²) in [5, 5.41) is 9.35. The topological polar surface area (TPSA) is 75.0 Å². The number of likely N-dealkylation sites (N-methyl/N-ethyl adjacent to an activating group) is 1. The Morgan fingerprint density at radius 2 is 1.81 bits per heavy atom. The first-order chi connectivity index (χ1) is 18.0. The maximum atomic E-state index is 4.76. The number of nitrogens with zero attached hydrogens (tertiary/aromatic N) is 7. The van der Waals surface area contributed by atoms with Crippen LogP contribution in [0.25, 0.3) is 27.6 Å². The number of hydrogen-bond acceptors (Lipinski definition) is 7. The highest BCUT2D eigenvalue weighted by Gasteiger charge is 2.21. The van der Waals surface area contributed by atoms with Crippen molar-refractivity contribution in [3.05, 3.63) is 72.1 Å². The van der Waals surface area contributed by atoms with E-state index in [1.807, 2.05) is 19.3 Å². The van der Waals surface area contributed by atoms with E-state index in [0.717, 1.165) is 95.8 Å². The molecule has 3 aromatic heterocycles. The molecule has 8 heteroatoms. The maximum absolute atomic E-state index is 4.76. The molecule has 0 saturated carbocycles. The molecule has 0 unspecified atom stereocenters. The number of rotatable bonds is 5. The van der Waals surface area contributed by atoms with Gasteiger partial charge in [-0.2, -0.15) is 5.10 Å². The molecule has 4 aromatic rings. The summed E-state index contributed by atoms with van der Waals surface area (Å²) in [5.74, 6) is 0.897. The Labute approximate surface area is 218 Å². The van der Waals surface area contributed by atoms with Crippen molar-refractivity contribution in [1.82, 2.24) is 34.5 Å². The van der Waals surface area contributed by atoms with Crippen LogP contribution in [0.5, 0.6) is 0 Å². The van der Waals surface area contributed by atoms with Crippen molar-refractivity contribution in [1.29, 1.82) is 0 Å². The van der Waals surface area contributed by atoms with E-state index in [-0.39, 0.29) is 0 Å². The second-order valence-corrected chi connectivity index (χ2v) is 10.5. The molecule has 1 aromatic carbocycles. The van der Waals surface area contributed by atoms with E-state index >= 15 is 0 Å². The van der Waals surface area contributed by atoms with Gasteiger partial charge in [-0.25, -0.2) is 9.97 Å². The predicted molar refractivity (Wildman–Crippen MR) is 148 cm³/mol. The SMILES string of the molecule is C=C(c1ccc2ncnc(NC3CCN(C)CC3)c2c1)c1cc(-c2cnn3c2CN(C)CC3)cnc1C. The molecule has 1 saturated heterocycles. The molecule has 2 aliphatic rings. The largest absolute Gasteiger partial charge is 0.367 e. The van der Waals surface area contributed by atoms with Crippen LogP contribution >= 0.6 is 0 Å². The van der Waals surface area contributed by atoms with Crippen LogP contribution in [0.4, 0.5) is 5.82 Å². The summed E-state index contributed by atoms with van der Waals surface area (Å²) in [6.07, 6.45) is 7.80. The molecule has 1 N–H and O–H groups in total. The van der Waals surface area contributed by atoms with Gasteiger partial charge in [-0.1, -0.05) is 12.6 Å². The third-order valence-electron chi connectivity index (χ3n) is 7.83. The van der Waals surface area contributed by atoms with Crippen LogP contribution in [0, 0.1) is 6.92 Å². The van der Waals surface area contributed by atoms with E-state index in [2.05, 4.69) is 79.8 Å². The lowest BCUT2D eigenvalue weighted by molar-refractivity contribution is 0.259. The first-order valence-electron chi connectivity index (χ1n) is 13.1. The molecule has 0 radical (unpaired) electrons. The van der Waals surface area contributed by atoms with Gasteiger partial charge in [0.05, 0.1) is 24.0 Å². The summed E-state index contributed by atoms with van der Waals surface area (Å²) in [6, 6.07) is 8.96. The summed E-state index contributed by atoms with van der Waals surface area (Å²) in [6.45, 7) is 11.6.